The first-order valence-electron chi connectivity index (χ1n) is 10.4. The number of carbonyl (C=O) groups is 1. The molecule has 4 rings (SSSR count). The minimum Gasteiger partial charge on any atom is -0.302 e. The Morgan fingerprint density at radius 1 is 0.871 bits per heavy atom. The van der Waals surface area contributed by atoms with Gasteiger partial charge in [0.2, 0.25) is 5.91 Å². The van der Waals surface area contributed by atoms with E-state index in [0.717, 1.165) is 14.7 Å². The van der Waals surface area contributed by atoms with E-state index >= 15 is 0 Å². The summed E-state index contributed by atoms with van der Waals surface area (Å²) < 4.78 is 1.06. The van der Waals surface area contributed by atoms with Gasteiger partial charge in [-0.05, 0) is 35.2 Å². The second-order valence-corrected chi connectivity index (χ2v) is 8.92. The van der Waals surface area contributed by atoms with Crippen molar-refractivity contribution in [2.75, 3.05) is 5.32 Å². The summed E-state index contributed by atoms with van der Waals surface area (Å²) >= 11 is 3.15. The predicted octanol–water partition coefficient (Wildman–Crippen LogP) is 7.56. The molecule has 1 heterocycles. The highest BCUT2D eigenvalue weighted by molar-refractivity contribution is 8.01. The maximum absolute atomic E-state index is 12.3. The van der Waals surface area contributed by atoms with E-state index in [9.17, 15) is 4.79 Å². The van der Waals surface area contributed by atoms with Gasteiger partial charge in [0, 0.05) is 11.3 Å². The molecule has 1 N–H and O–H groups in total. The molecule has 3 nitrogen and oxygen atoms in total. The Morgan fingerprint density at radius 3 is 2.16 bits per heavy atom. The minimum absolute atomic E-state index is 0.0113. The highest BCUT2D eigenvalue weighted by Gasteiger charge is 2.08. The van der Waals surface area contributed by atoms with Crippen molar-refractivity contribution in [1.29, 1.82) is 0 Å². The first-order valence-corrected chi connectivity index (χ1v) is 12.0. The van der Waals surface area contributed by atoms with Gasteiger partial charge < -0.3 is 5.32 Å². The van der Waals surface area contributed by atoms with Crippen LogP contribution in [0.4, 0.5) is 5.13 Å². The largest absolute Gasteiger partial charge is 0.302 e. The molecule has 1 aromatic heterocycles. The Balaban J connectivity index is 0.00000132. The molecule has 0 aliphatic carbocycles. The lowest BCUT2D eigenvalue weighted by molar-refractivity contribution is -0.116. The van der Waals surface area contributed by atoms with Crippen LogP contribution in [-0.4, -0.2) is 10.9 Å². The monoisotopic (exact) mass is 446 g/mol. The highest BCUT2D eigenvalue weighted by Crippen LogP contribution is 2.33. The van der Waals surface area contributed by atoms with Gasteiger partial charge >= 0.3 is 0 Å². The summed E-state index contributed by atoms with van der Waals surface area (Å²) in [5.41, 5.74) is 3.54. The zero-order chi connectivity index (χ0) is 21.9. The van der Waals surface area contributed by atoms with Gasteiger partial charge in [0.1, 0.15) is 0 Å². The zero-order valence-electron chi connectivity index (χ0n) is 17.7. The summed E-state index contributed by atoms with van der Waals surface area (Å²) in [6.07, 6.45) is 2.95. The number of anilines is 1. The Bertz CT molecular complexity index is 1060. The van der Waals surface area contributed by atoms with Crippen molar-refractivity contribution in [1.82, 2.24) is 4.98 Å². The molecule has 0 saturated carbocycles. The van der Waals surface area contributed by atoms with Crippen LogP contribution in [0.5, 0.6) is 0 Å². The van der Waals surface area contributed by atoms with Crippen molar-refractivity contribution in [2.45, 2.75) is 35.8 Å². The van der Waals surface area contributed by atoms with Crippen LogP contribution in [-0.2, 0) is 11.2 Å². The lowest BCUT2D eigenvalue weighted by Gasteiger charge is -2.05. The summed E-state index contributed by atoms with van der Waals surface area (Å²) in [5, 5.41) is 3.56. The van der Waals surface area contributed by atoms with Gasteiger partial charge in [0.05, 0.1) is 10.4 Å². The Morgan fingerprint density at radius 2 is 1.48 bits per heavy atom. The number of carbonyl (C=O) groups excluding carboxylic acids is 1. The molecule has 0 fully saturated rings. The molecule has 0 bridgehead atoms. The maximum Gasteiger partial charge on any atom is 0.226 e. The molecule has 0 spiro atoms. The smallest absolute Gasteiger partial charge is 0.226 e. The number of rotatable bonds is 7. The van der Waals surface area contributed by atoms with Crippen LogP contribution in [0.1, 0.15) is 25.8 Å². The number of hydrogen-bond donors (Lipinski definition) is 1. The molecular formula is C26H26N2OS2. The lowest BCUT2D eigenvalue weighted by atomic mass is 10.0. The third kappa shape index (κ3) is 7.09. The number of thiazole rings is 1. The van der Waals surface area contributed by atoms with E-state index in [1.165, 1.54) is 22.5 Å². The van der Waals surface area contributed by atoms with Gasteiger partial charge in [-0.25, -0.2) is 4.98 Å². The summed E-state index contributed by atoms with van der Waals surface area (Å²) in [4.78, 5) is 17.8. The first-order chi connectivity index (χ1) is 15.3. The van der Waals surface area contributed by atoms with E-state index in [1.807, 2.05) is 50.2 Å². The molecule has 0 atom stereocenters. The highest BCUT2D eigenvalue weighted by atomic mass is 32.2. The Labute approximate surface area is 192 Å². The van der Waals surface area contributed by atoms with Crippen LogP contribution in [0, 0.1) is 0 Å². The van der Waals surface area contributed by atoms with Gasteiger partial charge in [-0.3, -0.25) is 4.79 Å². The first kappa shape index (κ1) is 22.8. The van der Waals surface area contributed by atoms with Crippen LogP contribution >= 0.6 is 23.1 Å². The molecule has 5 heteroatoms. The van der Waals surface area contributed by atoms with Gasteiger partial charge in [-0.15, -0.1) is 0 Å². The van der Waals surface area contributed by atoms with Crippen molar-refractivity contribution in [3.8, 4) is 11.1 Å². The van der Waals surface area contributed by atoms with Crippen LogP contribution in [0.25, 0.3) is 11.1 Å². The molecule has 0 aliphatic rings. The van der Waals surface area contributed by atoms with Crippen LogP contribution < -0.4 is 5.32 Å². The minimum atomic E-state index is -0.0113. The molecular weight excluding hydrogens is 420 g/mol. The number of nitrogens with zero attached hydrogens (tertiary/aromatic N) is 1. The second kappa shape index (κ2) is 12.1. The fraction of sp³-hybridized carbons (Fsp3) is 0.154. The van der Waals surface area contributed by atoms with E-state index in [2.05, 4.69) is 58.8 Å². The van der Waals surface area contributed by atoms with E-state index < -0.39 is 0 Å². The molecule has 3 aromatic carbocycles. The molecule has 0 saturated heterocycles. The third-order valence-corrected chi connectivity index (χ3v) is 6.42. The molecule has 31 heavy (non-hydrogen) atoms. The Hall–Kier alpha value is -2.89. The molecule has 4 aromatic rings. The van der Waals surface area contributed by atoms with Crippen molar-refractivity contribution >= 4 is 34.1 Å². The third-order valence-electron chi connectivity index (χ3n) is 4.39. The van der Waals surface area contributed by atoms with Crippen LogP contribution in [0.3, 0.4) is 0 Å². The average molecular weight is 447 g/mol. The number of aromatic nitrogens is 1. The van der Waals surface area contributed by atoms with E-state index in [0.29, 0.717) is 18.0 Å². The van der Waals surface area contributed by atoms with Crippen molar-refractivity contribution in [3.63, 3.8) is 0 Å². The zero-order valence-corrected chi connectivity index (χ0v) is 19.4. The maximum atomic E-state index is 12.3. The molecule has 158 valence electrons. The van der Waals surface area contributed by atoms with Gasteiger partial charge in [0.15, 0.2) is 5.13 Å². The average Bonchev–Trinajstić information content (AvgIpc) is 3.27. The molecule has 0 unspecified atom stereocenters. The topological polar surface area (TPSA) is 42.0 Å². The number of amides is 1. The summed E-state index contributed by atoms with van der Waals surface area (Å²) in [5.74, 6) is -0.0113. The van der Waals surface area contributed by atoms with Gasteiger partial charge in [-0.1, -0.05) is 110 Å². The van der Waals surface area contributed by atoms with Crippen LogP contribution in [0.15, 0.2) is 100 Å². The van der Waals surface area contributed by atoms with Crippen molar-refractivity contribution < 1.29 is 4.79 Å². The lowest BCUT2D eigenvalue weighted by Crippen LogP contribution is -2.11. The standard InChI is InChI=1S/C24H20N2OS2.C2H6/c27-22(26-24-25-17-23(29-24)28-21-9-5-2-6-10-21)16-13-18-11-14-20(15-12-18)19-7-3-1-4-8-19;1-2/h1-12,14-15,17H,13,16H2,(H,25,26,27);1-2H3. The molecule has 0 radical (unpaired) electrons. The van der Waals surface area contributed by atoms with Crippen LogP contribution in [0.2, 0.25) is 0 Å². The molecule has 1 amide bonds. The predicted molar refractivity (Wildman–Crippen MR) is 133 cm³/mol. The summed E-state index contributed by atoms with van der Waals surface area (Å²) in [6.45, 7) is 4.00. The number of aryl methyl sites for hydroxylation is 1. The SMILES string of the molecule is CC.O=C(CCc1ccc(-c2ccccc2)cc1)Nc1ncc(Sc2ccccc2)s1. The van der Waals surface area contributed by atoms with E-state index in [4.69, 9.17) is 0 Å². The fourth-order valence-electron chi connectivity index (χ4n) is 2.90. The van der Waals surface area contributed by atoms with E-state index in [1.54, 1.807) is 18.0 Å². The van der Waals surface area contributed by atoms with Gasteiger partial charge in [-0.2, -0.15) is 0 Å². The molecule has 0 aliphatic heterocycles. The number of hydrogen-bond acceptors (Lipinski definition) is 4. The van der Waals surface area contributed by atoms with E-state index in [-0.39, 0.29) is 5.91 Å². The normalized spacial score (nSPS) is 10.1. The number of nitrogens with one attached hydrogen (secondary N) is 1. The van der Waals surface area contributed by atoms with Crippen molar-refractivity contribution in [2.24, 2.45) is 0 Å². The van der Waals surface area contributed by atoms with Crippen molar-refractivity contribution in [3.05, 3.63) is 96.7 Å². The second-order valence-electron chi connectivity index (χ2n) is 6.51. The summed E-state index contributed by atoms with van der Waals surface area (Å²) in [7, 11) is 0. The Kier molecular flexibility index (Phi) is 8.88. The number of benzene rings is 3. The summed E-state index contributed by atoms with van der Waals surface area (Å²) in [6, 6.07) is 28.8. The fourth-order valence-corrected chi connectivity index (χ4v) is 4.79. The van der Waals surface area contributed by atoms with Gasteiger partial charge in [0.25, 0.3) is 0 Å². The quantitative estimate of drug-likeness (QED) is 0.318.